The molecule has 2 aromatic carbocycles. The first-order chi connectivity index (χ1) is 8.20. The molecule has 3 heteroatoms. The van der Waals surface area contributed by atoms with Gasteiger partial charge in [0, 0.05) is 10.8 Å². The smallest absolute Gasteiger partial charge is 0.167 e. The largest absolute Gasteiger partial charge is 0.506 e. The first-order valence-corrected chi connectivity index (χ1v) is 5.32. The van der Waals surface area contributed by atoms with Gasteiger partial charge >= 0.3 is 0 Å². The first-order valence-electron chi connectivity index (χ1n) is 5.32. The SMILES string of the molecule is CC(=O)c1c(O)c2ccccc2c2ccoc12. The standard InChI is InChI=1S/C14H10O3/c1-8(15)12-13(16)10-5-3-2-4-9(10)11-6-7-17-14(11)12/h2-7,16H,1H3. The molecule has 17 heavy (non-hydrogen) atoms. The lowest BCUT2D eigenvalue weighted by atomic mass is 9.99. The van der Waals surface area contributed by atoms with E-state index in [2.05, 4.69) is 0 Å². The number of furan rings is 1. The molecule has 1 N–H and O–H groups in total. The van der Waals surface area contributed by atoms with Gasteiger partial charge in [-0.15, -0.1) is 0 Å². The second-order valence-electron chi connectivity index (χ2n) is 3.99. The van der Waals surface area contributed by atoms with Crippen LogP contribution < -0.4 is 0 Å². The zero-order valence-electron chi connectivity index (χ0n) is 9.23. The predicted octanol–water partition coefficient (Wildman–Crippen LogP) is 3.49. The lowest BCUT2D eigenvalue weighted by molar-refractivity contribution is 0.101. The van der Waals surface area contributed by atoms with Crippen LogP contribution in [0.1, 0.15) is 17.3 Å². The molecule has 3 rings (SSSR count). The Morgan fingerprint density at radius 1 is 1.12 bits per heavy atom. The second-order valence-corrected chi connectivity index (χ2v) is 3.99. The van der Waals surface area contributed by atoms with E-state index in [0.717, 1.165) is 10.8 Å². The quantitative estimate of drug-likeness (QED) is 0.646. The summed E-state index contributed by atoms with van der Waals surface area (Å²) in [6, 6.07) is 9.23. The van der Waals surface area contributed by atoms with Crippen molar-refractivity contribution in [1.82, 2.24) is 0 Å². The molecule has 84 valence electrons. The van der Waals surface area contributed by atoms with Gasteiger partial charge in [-0.25, -0.2) is 0 Å². The molecule has 0 atom stereocenters. The van der Waals surface area contributed by atoms with Gasteiger partial charge in [0.1, 0.15) is 16.9 Å². The van der Waals surface area contributed by atoms with Crippen molar-refractivity contribution < 1.29 is 14.3 Å². The van der Waals surface area contributed by atoms with Crippen molar-refractivity contribution in [3.63, 3.8) is 0 Å². The van der Waals surface area contributed by atoms with Gasteiger partial charge in [-0.05, 0) is 18.4 Å². The van der Waals surface area contributed by atoms with Crippen LogP contribution in [0.25, 0.3) is 21.7 Å². The summed E-state index contributed by atoms with van der Waals surface area (Å²) in [6.45, 7) is 1.42. The molecule has 0 aliphatic heterocycles. The summed E-state index contributed by atoms with van der Waals surface area (Å²) in [5, 5.41) is 12.6. The fourth-order valence-corrected chi connectivity index (χ4v) is 2.21. The van der Waals surface area contributed by atoms with Crippen molar-refractivity contribution in [3.8, 4) is 5.75 Å². The molecule has 1 aromatic heterocycles. The van der Waals surface area contributed by atoms with E-state index in [-0.39, 0.29) is 17.1 Å². The van der Waals surface area contributed by atoms with E-state index in [1.165, 1.54) is 13.2 Å². The number of carbonyl (C=O) groups excluding carboxylic acids is 1. The molecule has 3 aromatic rings. The predicted molar refractivity (Wildman–Crippen MR) is 65.4 cm³/mol. The summed E-state index contributed by atoms with van der Waals surface area (Å²) in [7, 11) is 0. The Morgan fingerprint density at radius 2 is 1.82 bits per heavy atom. The van der Waals surface area contributed by atoms with Gasteiger partial charge in [-0.1, -0.05) is 24.3 Å². The Hall–Kier alpha value is -2.29. The molecule has 1 heterocycles. The molecule has 0 saturated heterocycles. The number of fused-ring (bicyclic) bond motifs is 3. The number of ketones is 1. The fraction of sp³-hybridized carbons (Fsp3) is 0.0714. The molecule has 3 nitrogen and oxygen atoms in total. The second kappa shape index (κ2) is 3.35. The summed E-state index contributed by atoms with van der Waals surface area (Å²) in [4.78, 5) is 11.6. The topological polar surface area (TPSA) is 50.4 Å². The van der Waals surface area contributed by atoms with E-state index in [0.29, 0.717) is 11.0 Å². The van der Waals surface area contributed by atoms with E-state index in [9.17, 15) is 9.90 Å². The minimum absolute atomic E-state index is 0.00412. The van der Waals surface area contributed by atoms with Crippen LogP contribution in [0.3, 0.4) is 0 Å². The van der Waals surface area contributed by atoms with Crippen LogP contribution in [0.4, 0.5) is 0 Å². The first kappa shape index (κ1) is 9.90. The van der Waals surface area contributed by atoms with Crippen LogP contribution in [-0.4, -0.2) is 10.9 Å². The molecule has 0 aliphatic carbocycles. The summed E-state index contributed by atoms with van der Waals surface area (Å²) in [5.74, 6) is -0.205. The third kappa shape index (κ3) is 1.25. The molecular formula is C14H10O3. The van der Waals surface area contributed by atoms with Gasteiger partial charge in [0.05, 0.1) is 6.26 Å². The molecular weight excluding hydrogens is 216 g/mol. The number of phenols is 1. The maximum Gasteiger partial charge on any atom is 0.167 e. The van der Waals surface area contributed by atoms with Gasteiger partial charge in [-0.3, -0.25) is 4.79 Å². The Balaban J connectivity index is 2.65. The van der Waals surface area contributed by atoms with Gasteiger partial charge < -0.3 is 9.52 Å². The third-order valence-electron chi connectivity index (χ3n) is 2.95. The maximum absolute atomic E-state index is 11.6. The highest BCUT2D eigenvalue weighted by Crippen LogP contribution is 2.37. The van der Waals surface area contributed by atoms with Crippen molar-refractivity contribution >= 4 is 27.5 Å². The molecule has 0 fully saturated rings. The Labute approximate surface area is 97.3 Å². The van der Waals surface area contributed by atoms with E-state index < -0.39 is 0 Å². The van der Waals surface area contributed by atoms with E-state index in [4.69, 9.17) is 4.42 Å². The molecule has 0 saturated carbocycles. The number of phenolic OH excluding ortho intramolecular Hbond substituents is 1. The molecule has 0 spiro atoms. The molecule has 0 amide bonds. The molecule has 0 bridgehead atoms. The minimum Gasteiger partial charge on any atom is -0.506 e. The van der Waals surface area contributed by atoms with Crippen LogP contribution >= 0.6 is 0 Å². The van der Waals surface area contributed by atoms with Gasteiger partial charge in [-0.2, -0.15) is 0 Å². The van der Waals surface area contributed by atoms with Crippen molar-refractivity contribution in [1.29, 1.82) is 0 Å². The number of rotatable bonds is 1. The van der Waals surface area contributed by atoms with E-state index >= 15 is 0 Å². The molecule has 0 unspecified atom stereocenters. The number of aromatic hydroxyl groups is 1. The summed E-state index contributed by atoms with van der Waals surface area (Å²) >= 11 is 0. The highest BCUT2D eigenvalue weighted by molar-refractivity contribution is 6.18. The zero-order valence-corrected chi connectivity index (χ0v) is 9.23. The van der Waals surface area contributed by atoms with Gasteiger partial charge in [0.2, 0.25) is 0 Å². The van der Waals surface area contributed by atoms with Crippen molar-refractivity contribution in [3.05, 3.63) is 42.2 Å². The van der Waals surface area contributed by atoms with E-state index in [1.807, 2.05) is 24.3 Å². The lowest BCUT2D eigenvalue weighted by Crippen LogP contribution is -1.94. The van der Waals surface area contributed by atoms with Crippen molar-refractivity contribution in [2.75, 3.05) is 0 Å². The normalized spacial score (nSPS) is 11.1. The van der Waals surface area contributed by atoms with Crippen LogP contribution in [-0.2, 0) is 0 Å². The Bertz CT molecular complexity index is 738. The summed E-state index contributed by atoms with van der Waals surface area (Å²) in [6.07, 6.45) is 1.53. The van der Waals surface area contributed by atoms with Crippen LogP contribution in [0, 0.1) is 0 Å². The lowest BCUT2D eigenvalue weighted by Gasteiger charge is -2.07. The molecule has 0 aliphatic rings. The van der Waals surface area contributed by atoms with Crippen molar-refractivity contribution in [2.45, 2.75) is 6.92 Å². The van der Waals surface area contributed by atoms with Crippen LogP contribution in [0.5, 0.6) is 5.75 Å². The third-order valence-corrected chi connectivity index (χ3v) is 2.95. The number of hydrogen-bond donors (Lipinski definition) is 1. The number of hydrogen-bond acceptors (Lipinski definition) is 3. The van der Waals surface area contributed by atoms with Crippen LogP contribution in [0.2, 0.25) is 0 Å². The monoisotopic (exact) mass is 226 g/mol. The minimum atomic E-state index is -0.201. The number of benzene rings is 2. The maximum atomic E-state index is 11.6. The Morgan fingerprint density at radius 3 is 2.53 bits per heavy atom. The summed E-state index contributed by atoms with van der Waals surface area (Å²) < 4.78 is 5.32. The fourth-order valence-electron chi connectivity index (χ4n) is 2.21. The molecule has 0 radical (unpaired) electrons. The average molecular weight is 226 g/mol. The van der Waals surface area contributed by atoms with Gasteiger partial charge in [0.25, 0.3) is 0 Å². The number of Topliss-reactive ketones (excluding diaryl/α,β-unsaturated/α-hetero) is 1. The van der Waals surface area contributed by atoms with E-state index in [1.54, 1.807) is 6.07 Å². The van der Waals surface area contributed by atoms with Gasteiger partial charge in [0.15, 0.2) is 5.78 Å². The number of carbonyl (C=O) groups is 1. The van der Waals surface area contributed by atoms with Crippen molar-refractivity contribution in [2.24, 2.45) is 0 Å². The summed E-state index contributed by atoms with van der Waals surface area (Å²) in [5.41, 5.74) is 0.706. The Kier molecular flexibility index (Phi) is 1.95. The highest BCUT2D eigenvalue weighted by Gasteiger charge is 2.18. The highest BCUT2D eigenvalue weighted by atomic mass is 16.3. The average Bonchev–Trinajstić information content (AvgIpc) is 2.78. The zero-order chi connectivity index (χ0) is 12.0. The van der Waals surface area contributed by atoms with Crippen LogP contribution in [0.15, 0.2) is 41.0 Å².